The van der Waals surface area contributed by atoms with Crippen molar-refractivity contribution in [3.05, 3.63) is 64.4 Å². The van der Waals surface area contributed by atoms with Crippen molar-refractivity contribution in [3.63, 3.8) is 0 Å². The molecule has 4 rings (SSSR count). The van der Waals surface area contributed by atoms with Crippen molar-refractivity contribution in [1.29, 1.82) is 0 Å². The fourth-order valence-electron chi connectivity index (χ4n) is 3.93. The van der Waals surface area contributed by atoms with Crippen LogP contribution in [-0.4, -0.2) is 60.9 Å². The number of carbonyl (C=O) groups is 2. The zero-order chi connectivity index (χ0) is 22.0. The van der Waals surface area contributed by atoms with E-state index in [9.17, 15) is 14.4 Å². The summed E-state index contributed by atoms with van der Waals surface area (Å²) in [7, 11) is 0. The SMILES string of the molecule is CCN(C(=O)CN1CCN(C(=O)c2ccco2)CC1)c1ccc2c(C)cc(=O)oc2c1. The molecular formula is C23H25N3O5. The summed E-state index contributed by atoms with van der Waals surface area (Å²) >= 11 is 0. The average Bonchev–Trinajstić information content (AvgIpc) is 3.29. The molecule has 1 fully saturated rings. The van der Waals surface area contributed by atoms with Gasteiger partial charge >= 0.3 is 5.63 Å². The summed E-state index contributed by atoms with van der Waals surface area (Å²) in [6.45, 7) is 6.83. The smallest absolute Gasteiger partial charge is 0.336 e. The van der Waals surface area contributed by atoms with Crippen LogP contribution in [0.2, 0.25) is 0 Å². The van der Waals surface area contributed by atoms with Gasteiger partial charge in [0.2, 0.25) is 5.91 Å². The molecule has 1 aliphatic rings. The topological polar surface area (TPSA) is 87.2 Å². The predicted octanol–water partition coefficient (Wildman–Crippen LogP) is 2.51. The number of benzene rings is 1. The molecule has 0 unspecified atom stereocenters. The highest BCUT2D eigenvalue weighted by Gasteiger charge is 2.26. The molecule has 3 aromatic rings. The molecule has 2 amide bonds. The Hall–Kier alpha value is -3.39. The first-order valence-corrected chi connectivity index (χ1v) is 10.4. The van der Waals surface area contributed by atoms with Crippen molar-refractivity contribution in [2.24, 2.45) is 0 Å². The molecule has 0 aliphatic carbocycles. The zero-order valence-corrected chi connectivity index (χ0v) is 17.7. The normalized spacial score (nSPS) is 14.7. The van der Waals surface area contributed by atoms with Crippen molar-refractivity contribution in [1.82, 2.24) is 9.80 Å². The third-order valence-corrected chi connectivity index (χ3v) is 5.61. The van der Waals surface area contributed by atoms with E-state index in [-0.39, 0.29) is 18.4 Å². The highest BCUT2D eigenvalue weighted by molar-refractivity contribution is 5.97. The van der Waals surface area contributed by atoms with Gasteiger partial charge in [-0.15, -0.1) is 0 Å². The first-order valence-electron chi connectivity index (χ1n) is 10.4. The highest BCUT2D eigenvalue weighted by atomic mass is 16.4. The number of amides is 2. The molecule has 0 bridgehead atoms. The summed E-state index contributed by atoms with van der Waals surface area (Å²) in [4.78, 5) is 42.6. The monoisotopic (exact) mass is 423 g/mol. The fourth-order valence-corrected chi connectivity index (χ4v) is 3.93. The average molecular weight is 423 g/mol. The second-order valence-electron chi connectivity index (χ2n) is 7.61. The maximum atomic E-state index is 13.0. The number of anilines is 1. The van der Waals surface area contributed by atoms with Crippen LogP contribution in [0.3, 0.4) is 0 Å². The van der Waals surface area contributed by atoms with E-state index in [1.54, 1.807) is 28.0 Å². The lowest BCUT2D eigenvalue weighted by Crippen LogP contribution is -2.51. The summed E-state index contributed by atoms with van der Waals surface area (Å²) in [5.74, 6) is 0.168. The Kier molecular flexibility index (Phi) is 5.90. The Morgan fingerprint density at radius 1 is 1.10 bits per heavy atom. The van der Waals surface area contributed by atoms with Gasteiger partial charge in [0.05, 0.1) is 12.8 Å². The van der Waals surface area contributed by atoms with Crippen LogP contribution in [0.4, 0.5) is 5.69 Å². The van der Waals surface area contributed by atoms with E-state index in [4.69, 9.17) is 8.83 Å². The maximum absolute atomic E-state index is 13.0. The summed E-state index contributed by atoms with van der Waals surface area (Å²) in [6, 6.07) is 10.3. The van der Waals surface area contributed by atoms with E-state index in [2.05, 4.69) is 0 Å². The number of aryl methyl sites for hydroxylation is 1. The molecule has 3 heterocycles. The quantitative estimate of drug-likeness (QED) is 0.586. The van der Waals surface area contributed by atoms with Gasteiger partial charge in [-0.25, -0.2) is 4.79 Å². The van der Waals surface area contributed by atoms with E-state index in [0.29, 0.717) is 49.8 Å². The predicted molar refractivity (Wildman–Crippen MR) is 116 cm³/mol. The highest BCUT2D eigenvalue weighted by Crippen LogP contribution is 2.24. The molecule has 0 N–H and O–H groups in total. The standard InChI is InChI=1S/C23H25N3O5/c1-3-26(17-6-7-18-16(2)13-22(28)31-20(18)14-17)21(27)15-24-8-10-25(11-9-24)23(29)19-5-4-12-30-19/h4-7,12-14H,3,8-11,15H2,1-2H3. The number of fused-ring (bicyclic) bond motifs is 1. The molecule has 8 heteroatoms. The minimum atomic E-state index is -0.404. The van der Waals surface area contributed by atoms with Crippen molar-refractivity contribution in [2.75, 3.05) is 44.2 Å². The molecule has 1 aliphatic heterocycles. The number of furan rings is 1. The van der Waals surface area contributed by atoms with Crippen LogP contribution in [0.25, 0.3) is 11.0 Å². The third-order valence-electron chi connectivity index (χ3n) is 5.61. The lowest BCUT2D eigenvalue weighted by atomic mass is 10.1. The molecule has 8 nitrogen and oxygen atoms in total. The molecule has 0 radical (unpaired) electrons. The van der Waals surface area contributed by atoms with Crippen molar-refractivity contribution in [2.45, 2.75) is 13.8 Å². The molecule has 1 aromatic carbocycles. The Balaban J connectivity index is 1.41. The Labute approximate surface area is 179 Å². The van der Waals surface area contributed by atoms with Gasteiger partial charge in [-0.05, 0) is 43.7 Å². The molecule has 2 aromatic heterocycles. The van der Waals surface area contributed by atoms with E-state index in [1.807, 2.05) is 30.9 Å². The van der Waals surface area contributed by atoms with Crippen molar-refractivity contribution in [3.8, 4) is 0 Å². The molecule has 1 saturated heterocycles. The lowest BCUT2D eigenvalue weighted by Gasteiger charge is -2.35. The van der Waals surface area contributed by atoms with Crippen LogP contribution < -0.4 is 10.5 Å². The van der Waals surface area contributed by atoms with Gasteiger partial charge in [0.1, 0.15) is 5.58 Å². The number of carbonyl (C=O) groups excluding carboxylic acids is 2. The summed E-state index contributed by atoms with van der Waals surface area (Å²) in [5.41, 5.74) is 1.60. The van der Waals surface area contributed by atoms with Gasteiger partial charge in [0.15, 0.2) is 5.76 Å². The Bertz CT molecular complexity index is 1140. The van der Waals surface area contributed by atoms with Gasteiger partial charge in [-0.3, -0.25) is 14.5 Å². The largest absolute Gasteiger partial charge is 0.459 e. The number of likely N-dealkylation sites (N-methyl/N-ethyl adjacent to an activating group) is 1. The van der Waals surface area contributed by atoms with Crippen molar-refractivity contribution >= 4 is 28.5 Å². The van der Waals surface area contributed by atoms with Crippen LogP contribution in [0.1, 0.15) is 23.0 Å². The van der Waals surface area contributed by atoms with Crippen LogP contribution in [0.15, 0.2) is 56.3 Å². The number of hydrogen-bond acceptors (Lipinski definition) is 6. The molecule has 0 atom stereocenters. The van der Waals surface area contributed by atoms with Gasteiger partial charge in [-0.2, -0.15) is 0 Å². The summed E-state index contributed by atoms with van der Waals surface area (Å²) < 4.78 is 10.5. The van der Waals surface area contributed by atoms with E-state index < -0.39 is 5.63 Å². The summed E-state index contributed by atoms with van der Waals surface area (Å²) in [5, 5.41) is 0.851. The molecule has 31 heavy (non-hydrogen) atoms. The van der Waals surface area contributed by atoms with Gasteiger partial charge in [0.25, 0.3) is 5.91 Å². The van der Waals surface area contributed by atoms with Crippen LogP contribution >= 0.6 is 0 Å². The van der Waals surface area contributed by atoms with Crippen molar-refractivity contribution < 1.29 is 18.4 Å². The van der Waals surface area contributed by atoms with Crippen LogP contribution in [0, 0.1) is 6.92 Å². The van der Waals surface area contributed by atoms with E-state index in [1.165, 1.54) is 12.3 Å². The van der Waals surface area contributed by atoms with E-state index >= 15 is 0 Å². The molecule has 0 saturated carbocycles. The van der Waals surface area contributed by atoms with E-state index in [0.717, 1.165) is 10.9 Å². The summed E-state index contributed by atoms with van der Waals surface area (Å²) in [6.07, 6.45) is 1.49. The maximum Gasteiger partial charge on any atom is 0.336 e. The number of piperazine rings is 1. The fraction of sp³-hybridized carbons (Fsp3) is 0.348. The van der Waals surface area contributed by atoms with Crippen LogP contribution in [-0.2, 0) is 4.79 Å². The van der Waals surface area contributed by atoms with Gasteiger partial charge < -0.3 is 18.6 Å². The Morgan fingerprint density at radius 3 is 2.55 bits per heavy atom. The minimum absolute atomic E-state index is 0.0392. The zero-order valence-electron chi connectivity index (χ0n) is 17.7. The molecule has 0 spiro atoms. The van der Waals surface area contributed by atoms with Gasteiger partial charge in [0, 0.05) is 55.9 Å². The number of nitrogens with zero attached hydrogens (tertiary/aromatic N) is 3. The first kappa shape index (κ1) is 20.9. The molecule has 162 valence electrons. The first-order chi connectivity index (χ1) is 15.0. The Morgan fingerprint density at radius 2 is 1.87 bits per heavy atom. The second kappa shape index (κ2) is 8.77. The second-order valence-corrected chi connectivity index (χ2v) is 7.61. The van der Waals surface area contributed by atoms with Gasteiger partial charge in [-0.1, -0.05) is 0 Å². The molecular weight excluding hydrogens is 398 g/mol. The lowest BCUT2D eigenvalue weighted by molar-refractivity contribution is -0.120. The minimum Gasteiger partial charge on any atom is -0.459 e. The third kappa shape index (κ3) is 4.39. The van der Waals surface area contributed by atoms with Crippen LogP contribution in [0.5, 0.6) is 0 Å². The number of hydrogen-bond donors (Lipinski definition) is 0. The number of rotatable bonds is 5.